The molecule has 7 nitrogen and oxygen atoms in total. The average molecular weight is 540 g/mol. The quantitative estimate of drug-likeness (QED) is 0.279. The molecule has 1 N–H and O–H groups in total. The summed E-state index contributed by atoms with van der Waals surface area (Å²) in [5.74, 6) is 1.48. The molecule has 0 unspecified atom stereocenters. The van der Waals surface area contributed by atoms with E-state index in [1.54, 1.807) is 0 Å². The maximum atomic E-state index is 5.95. The van der Waals surface area contributed by atoms with Crippen LogP contribution < -0.4 is 24.6 Å². The predicted molar refractivity (Wildman–Crippen MR) is 159 cm³/mol. The molecule has 4 heterocycles. The van der Waals surface area contributed by atoms with Gasteiger partial charge in [-0.1, -0.05) is 6.07 Å². The molecule has 4 aromatic rings. The standard InChI is InChI=1S/C31H33N5O2S/c1-5-34(6-2)22-10-12-23(13-11-22)35-20(3)17-25(21(35)4)30-29(26-9-7-8-16-32-26)33-31(39)36(30)24-14-15-27-28(18-24)38-19-37-27/h7-18,29-30H,5-6,19H2,1-4H3,(H,33,39)/t29-,30+/m0/s1. The second-order valence-corrected chi connectivity index (χ2v) is 10.3. The fraction of sp³-hybridized carbons (Fsp3) is 0.290. The average Bonchev–Trinajstić information content (AvgIpc) is 3.64. The lowest BCUT2D eigenvalue weighted by Gasteiger charge is -2.28. The first-order valence-electron chi connectivity index (χ1n) is 13.4. The van der Waals surface area contributed by atoms with Gasteiger partial charge in [0.05, 0.1) is 17.8 Å². The van der Waals surface area contributed by atoms with Gasteiger partial charge in [0.15, 0.2) is 16.6 Å². The lowest BCUT2D eigenvalue weighted by Crippen LogP contribution is -2.29. The first-order valence-corrected chi connectivity index (χ1v) is 13.9. The molecule has 0 spiro atoms. The number of aromatic nitrogens is 2. The van der Waals surface area contributed by atoms with Crippen LogP contribution in [-0.2, 0) is 0 Å². The number of pyridine rings is 1. The zero-order valence-corrected chi connectivity index (χ0v) is 23.5. The molecule has 2 aromatic heterocycles. The Balaban J connectivity index is 1.45. The summed E-state index contributed by atoms with van der Waals surface area (Å²) in [6.45, 7) is 10.9. The van der Waals surface area contributed by atoms with E-state index < -0.39 is 0 Å². The zero-order valence-electron chi connectivity index (χ0n) is 22.7. The zero-order chi connectivity index (χ0) is 27.1. The van der Waals surface area contributed by atoms with Crippen molar-refractivity contribution in [2.45, 2.75) is 39.8 Å². The predicted octanol–water partition coefficient (Wildman–Crippen LogP) is 6.24. The van der Waals surface area contributed by atoms with Gasteiger partial charge in [0, 0.05) is 53.8 Å². The molecule has 0 radical (unpaired) electrons. The second-order valence-electron chi connectivity index (χ2n) is 9.88. The molecule has 0 saturated carbocycles. The Morgan fingerprint density at radius 1 is 0.949 bits per heavy atom. The number of nitrogens with one attached hydrogen (secondary N) is 1. The Morgan fingerprint density at radius 3 is 2.41 bits per heavy atom. The molecule has 0 bridgehead atoms. The van der Waals surface area contributed by atoms with Gasteiger partial charge >= 0.3 is 0 Å². The number of thiocarbonyl (C=S) groups is 1. The first-order chi connectivity index (χ1) is 19.0. The Labute approximate surface area is 235 Å². The molecule has 1 fully saturated rings. The topological polar surface area (TPSA) is 54.8 Å². The molecule has 200 valence electrons. The van der Waals surface area contributed by atoms with Crippen LogP contribution in [-0.4, -0.2) is 34.5 Å². The number of ether oxygens (including phenoxy) is 2. The summed E-state index contributed by atoms with van der Waals surface area (Å²) in [5, 5.41) is 4.23. The summed E-state index contributed by atoms with van der Waals surface area (Å²) in [6.07, 6.45) is 1.83. The number of hydrogen-bond acceptors (Lipinski definition) is 5. The Kier molecular flexibility index (Phi) is 6.64. The maximum absolute atomic E-state index is 5.95. The van der Waals surface area contributed by atoms with E-state index in [9.17, 15) is 0 Å². The minimum absolute atomic E-state index is 0.109. The van der Waals surface area contributed by atoms with E-state index >= 15 is 0 Å². The molecule has 2 aromatic carbocycles. The number of aryl methyl sites for hydroxylation is 1. The van der Waals surface area contributed by atoms with Crippen LogP contribution in [0.3, 0.4) is 0 Å². The summed E-state index contributed by atoms with van der Waals surface area (Å²) in [6, 6.07) is 22.9. The van der Waals surface area contributed by atoms with Crippen molar-refractivity contribution < 1.29 is 9.47 Å². The van der Waals surface area contributed by atoms with Crippen molar-refractivity contribution in [2.24, 2.45) is 0 Å². The van der Waals surface area contributed by atoms with E-state index in [1.165, 1.54) is 22.6 Å². The molecule has 2 aliphatic rings. The van der Waals surface area contributed by atoms with Gasteiger partial charge < -0.3 is 29.2 Å². The van der Waals surface area contributed by atoms with Gasteiger partial charge in [0.25, 0.3) is 0 Å². The van der Waals surface area contributed by atoms with Crippen LogP contribution in [0.1, 0.15) is 48.6 Å². The van der Waals surface area contributed by atoms with Gasteiger partial charge in [-0.25, -0.2) is 0 Å². The molecular weight excluding hydrogens is 506 g/mol. The SMILES string of the molecule is CCN(CC)c1ccc(-n2c(C)cc([C@@H]3[C@H](c4ccccn4)NC(=S)N3c3ccc4c(c3)OCO4)c2C)cc1. The van der Waals surface area contributed by atoms with E-state index in [-0.39, 0.29) is 18.9 Å². The number of fused-ring (bicyclic) bond motifs is 1. The molecule has 8 heteroatoms. The fourth-order valence-electron chi connectivity index (χ4n) is 5.87. The van der Waals surface area contributed by atoms with Crippen LogP contribution in [0.15, 0.2) is 72.9 Å². The van der Waals surface area contributed by atoms with Crippen LogP contribution >= 0.6 is 12.2 Å². The highest BCUT2D eigenvalue weighted by Gasteiger charge is 2.42. The second kappa shape index (κ2) is 10.3. The third kappa shape index (κ3) is 4.38. The van der Waals surface area contributed by atoms with Crippen LogP contribution in [0.25, 0.3) is 5.69 Å². The van der Waals surface area contributed by atoms with Crippen molar-refractivity contribution in [1.82, 2.24) is 14.9 Å². The van der Waals surface area contributed by atoms with Gasteiger partial charge in [0.2, 0.25) is 6.79 Å². The van der Waals surface area contributed by atoms with Crippen LogP contribution in [0.4, 0.5) is 11.4 Å². The number of hydrogen-bond donors (Lipinski definition) is 1. The summed E-state index contributed by atoms with van der Waals surface area (Å²) in [5.41, 5.74) is 7.81. The third-order valence-electron chi connectivity index (χ3n) is 7.76. The van der Waals surface area contributed by atoms with Crippen molar-refractivity contribution in [3.05, 3.63) is 95.6 Å². The molecule has 1 saturated heterocycles. The first kappa shape index (κ1) is 25.2. The Morgan fingerprint density at radius 2 is 1.69 bits per heavy atom. The number of nitrogens with zero attached hydrogens (tertiary/aromatic N) is 4. The Hall–Kier alpha value is -4.04. The van der Waals surface area contributed by atoms with Crippen molar-refractivity contribution in [1.29, 1.82) is 0 Å². The molecule has 0 aliphatic carbocycles. The largest absolute Gasteiger partial charge is 0.454 e. The van der Waals surface area contributed by atoms with Crippen LogP contribution in [0.2, 0.25) is 0 Å². The van der Waals surface area contributed by atoms with Gasteiger partial charge in [-0.3, -0.25) is 4.98 Å². The summed E-state index contributed by atoms with van der Waals surface area (Å²) < 4.78 is 13.6. The number of anilines is 2. The minimum Gasteiger partial charge on any atom is -0.454 e. The maximum Gasteiger partial charge on any atom is 0.231 e. The van der Waals surface area contributed by atoms with Crippen molar-refractivity contribution in [2.75, 3.05) is 29.7 Å². The minimum atomic E-state index is -0.122. The summed E-state index contributed by atoms with van der Waals surface area (Å²) in [7, 11) is 0. The van der Waals surface area contributed by atoms with Crippen LogP contribution in [0.5, 0.6) is 11.5 Å². The lowest BCUT2D eigenvalue weighted by atomic mass is 9.96. The van der Waals surface area contributed by atoms with E-state index in [0.717, 1.165) is 41.7 Å². The van der Waals surface area contributed by atoms with Gasteiger partial charge in [-0.2, -0.15) is 0 Å². The fourth-order valence-corrected chi connectivity index (χ4v) is 6.22. The van der Waals surface area contributed by atoms with Crippen molar-refractivity contribution in [3.8, 4) is 17.2 Å². The van der Waals surface area contributed by atoms with E-state index in [4.69, 9.17) is 26.7 Å². The van der Waals surface area contributed by atoms with Crippen molar-refractivity contribution >= 4 is 28.7 Å². The molecule has 6 rings (SSSR count). The molecule has 0 amide bonds. The van der Waals surface area contributed by atoms with Crippen LogP contribution in [0, 0.1) is 13.8 Å². The van der Waals surface area contributed by atoms with E-state index in [1.807, 2.05) is 36.5 Å². The highest BCUT2D eigenvalue weighted by molar-refractivity contribution is 7.80. The molecule has 2 aliphatic heterocycles. The monoisotopic (exact) mass is 539 g/mol. The van der Waals surface area contributed by atoms with E-state index in [0.29, 0.717) is 5.11 Å². The van der Waals surface area contributed by atoms with Crippen molar-refractivity contribution in [3.63, 3.8) is 0 Å². The highest BCUT2D eigenvalue weighted by Crippen LogP contribution is 2.46. The summed E-state index contributed by atoms with van der Waals surface area (Å²) >= 11 is 5.95. The number of benzene rings is 2. The van der Waals surface area contributed by atoms with Gasteiger partial charge in [0.1, 0.15) is 0 Å². The smallest absolute Gasteiger partial charge is 0.231 e. The van der Waals surface area contributed by atoms with Gasteiger partial charge in [-0.15, -0.1) is 0 Å². The third-order valence-corrected chi connectivity index (χ3v) is 8.07. The van der Waals surface area contributed by atoms with Gasteiger partial charge in [-0.05, 0) is 100 Å². The lowest BCUT2D eigenvalue weighted by molar-refractivity contribution is 0.174. The summed E-state index contributed by atoms with van der Waals surface area (Å²) in [4.78, 5) is 9.26. The number of rotatable bonds is 7. The highest BCUT2D eigenvalue weighted by atomic mass is 32.1. The molecule has 39 heavy (non-hydrogen) atoms. The van der Waals surface area contributed by atoms with E-state index in [2.05, 4.69) is 83.8 Å². The Bertz CT molecular complexity index is 1500. The molecule has 2 atom stereocenters. The molecular formula is C31H33N5O2S. The normalized spacial score (nSPS) is 17.9.